The van der Waals surface area contributed by atoms with E-state index in [-0.39, 0.29) is 5.54 Å². The molecular weight excluding hydrogens is 210 g/mol. The van der Waals surface area contributed by atoms with Crippen LogP contribution in [0.4, 0.5) is 0 Å². The number of nitrogens with one attached hydrogen (secondary N) is 1. The van der Waals surface area contributed by atoms with Crippen LogP contribution in [-0.2, 0) is 0 Å². The maximum absolute atomic E-state index is 5.72. The predicted octanol–water partition coefficient (Wildman–Crippen LogP) is 2.00. The summed E-state index contributed by atoms with van der Waals surface area (Å²) in [7, 11) is 0. The maximum Gasteiger partial charge on any atom is 0.189 e. The van der Waals surface area contributed by atoms with E-state index in [9.17, 15) is 0 Å². The number of rotatable bonds is 1. The Bertz CT molecular complexity index is 416. The number of guanidine groups is 1. The van der Waals surface area contributed by atoms with Crippen molar-refractivity contribution in [2.75, 3.05) is 6.54 Å². The highest BCUT2D eigenvalue weighted by molar-refractivity contribution is 5.80. The normalized spacial score (nSPS) is 32.2. The van der Waals surface area contributed by atoms with Crippen LogP contribution in [0, 0.1) is 0 Å². The molecule has 3 rings (SSSR count). The summed E-state index contributed by atoms with van der Waals surface area (Å²) in [4.78, 5) is 4.29. The minimum atomic E-state index is 0.176. The monoisotopic (exact) mass is 229 g/mol. The van der Waals surface area contributed by atoms with Crippen LogP contribution in [0.2, 0.25) is 0 Å². The number of hydrogen-bond donors (Lipinski definition) is 2. The molecule has 3 N–H and O–H groups in total. The van der Waals surface area contributed by atoms with Crippen LogP contribution in [0.25, 0.3) is 0 Å². The lowest BCUT2D eigenvalue weighted by atomic mass is 9.74. The molecule has 0 aromatic heterocycles. The summed E-state index contributed by atoms with van der Waals surface area (Å²) >= 11 is 0. The molecule has 1 spiro atoms. The Balaban J connectivity index is 1.65. The first-order valence-electron chi connectivity index (χ1n) is 6.41. The fourth-order valence-corrected chi connectivity index (χ4v) is 3.10. The summed E-state index contributed by atoms with van der Waals surface area (Å²) in [5, 5.41) is 3.37. The van der Waals surface area contributed by atoms with E-state index in [0.29, 0.717) is 11.9 Å². The van der Waals surface area contributed by atoms with E-state index in [0.717, 1.165) is 6.54 Å². The molecule has 1 aromatic rings. The third kappa shape index (κ3) is 2.02. The Hall–Kier alpha value is -1.51. The maximum atomic E-state index is 5.72. The Morgan fingerprint density at radius 1 is 1.18 bits per heavy atom. The van der Waals surface area contributed by atoms with E-state index < -0.39 is 0 Å². The minimum absolute atomic E-state index is 0.176. The molecule has 1 fully saturated rings. The Labute approximate surface area is 102 Å². The van der Waals surface area contributed by atoms with Crippen LogP contribution in [0.5, 0.6) is 0 Å². The molecule has 3 nitrogen and oxygen atoms in total. The van der Waals surface area contributed by atoms with Crippen LogP contribution < -0.4 is 11.1 Å². The molecule has 0 saturated heterocycles. The van der Waals surface area contributed by atoms with Crippen molar-refractivity contribution in [2.45, 2.75) is 37.1 Å². The molecule has 2 aliphatic rings. The number of nitrogens with two attached hydrogens (primary N) is 1. The van der Waals surface area contributed by atoms with Gasteiger partial charge in [0.2, 0.25) is 0 Å². The molecule has 0 bridgehead atoms. The van der Waals surface area contributed by atoms with Crippen LogP contribution in [-0.4, -0.2) is 18.0 Å². The number of nitrogens with zero attached hydrogens (tertiary/aromatic N) is 1. The van der Waals surface area contributed by atoms with Crippen molar-refractivity contribution in [3.8, 4) is 0 Å². The molecule has 0 amide bonds. The molecule has 1 aliphatic carbocycles. The molecule has 17 heavy (non-hydrogen) atoms. The van der Waals surface area contributed by atoms with Crippen molar-refractivity contribution in [1.29, 1.82) is 0 Å². The molecule has 3 heteroatoms. The van der Waals surface area contributed by atoms with Crippen LogP contribution in [0.15, 0.2) is 35.3 Å². The van der Waals surface area contributed by atoms with Crippen molar-refractivity contribution in [3.63, 3.8) is 0 Å². The molecule has 0 radical (unpaired) electrons. The third-order valence-corrected chi connectivity index (χ3v) is 4.16. The Kier molecular flexibility index (Phi) is 2.54. The molecule has 1 aliphatic heterocycles. The van der Waals surface area contributed by atoms with E-state index in [1.54, 1.807) is 0 Å². The Morgan fingerprint density at radius 2 is 1.88 bits per heavy atom. The molecule has 90 valence electrons. The Morgan fingerprint density at radius 3 is 2.47 bits per heavy atom. The van der Waals surface area contributed by atoms with Gasteiger partial charge in [-0.3, -0.25) is 4.99 Å². The van der Waals surface area contributed by atoms with Gasteiger partial charge in [0.05, 0.1) is 12.1 Å². The van der Waals surface area contributed by atoms with Gasteiger partial charge in [-0.05, 0) is 37.2 Å². The SMILES string of the molecule is NC1=NCC2(CCC(c3ccccc3)CC2)N1. The number of aliphatic imine (C=N–C) groups is 1. The average molecular weight is 229 g/mol. The highest BCUT2D eigenvalue weighted by Crippen LogP contribution is 2.39. The topological polar surface area (TPSA) is 50.4 Å². The lowest BCUT2D eigenvalue weighted by Crippen LogP contribution is -2.49. The van der Waals surface area contributed by atoms with Gasteiger partial charge in [-0.15, -0.1) is 0 Å². The van der Waals surface area contributed by atoms with Gasteiger partial charge in [-0.2, -0.15) is 0 Å². The first-order valence-corrected chi connectivity index (χ1v) is 6.41. The van der Waals surface area contributed by atoms with E-state index in [2.05, 4.69) is 40.6 Å². The van der Waals surface area contributed by atoms with Crippen molar-refractivity contribution >= 4 is 5.96 Å². The highest BCUT2D eigenvalue weighted by atomic mass is 15.2. The van der Waals surface area contributed by atoms with E-state index in [4.69, 9.17) is 5.73 Å². The smallest absolute Gasteiger partial charge is 0.189 e. The first-order chi connectivity index (χ1) is 8.27. The fraction of sp³-hybridized carbons (Fsp3) is 0.500. The zero-order valence-electron chi connectivity index (χ0n) is 10.0. The van der Waals surface area contributed by atoms with Crippen LogP contribution in [0.1, 0.15) is 37.2 Å². The highest BCUT2D eigenvalue weighted by Gasteiger charge is 2.38. The number of hydrogen-bond acceptors (Lipinski definition) is 3. The lowest BCUT2D eigenvalue weighted by Gasteiger charge is -2.37. The van der Waals surface area contributed by atoms with E-state index in [1.807, 2.05) is 0 Å². The van der Waals surface area contributed by atoms with E-state index >= 15 is 0 Å². The van der Waals surface area contributed by atoms with Crippen molar-refractivity contribution < 1.29 is 0 Å². The zero-order valence-corrected chi connectivity index (χ0v) is 10.0. The molecular formula is C14H19N3. The van der Waals surface area contributed by atoms with Gasteiger partial charge in [0.15, 0.2) is 5.96 Å². The van der Waals surface area contributed by atoms with Crippen LogP contribution in [0.3, 0.4) is 0 Å². The number of benzene rings is 1. The second-order valence-electron chi connectivity index (χ2n) is 5.29. The van der Waals surface area contributed by atoms with Crippen LogP contribution >= 0.6 is 0 Å². The van der Waals surface area contributed by atoms with Gasteiger partial charge in [-0.1, -0.05) is 30.3 Å². The predicted molar refractivity (Wildman–Crippen MR) is 70.0 cm³/mol. The lowest BCUT2D eigenvalue weighted by molar-refractivity contribution is 0.266. The van der Waals surface area contributed by atoms with Crippen molar-refractivity contribution in [1.82, 2.24) is 5.32 Å². The van der Waals surface area contributed by atoms with Gasteiger partial charge < -0.3 is 11.1 Å². The fourth-order valence-electron chi connectivity index (χ4n) is 3.10. The van der Waals surface area contributed by atoms with Gasteiger partial charge >= 0.3 is 0 Å². The van der Waals surface area contributed by atoms with E-state index in [1.165, 1.54) is 31.2 Å². The van der Waals surface area contributed by atoms with Gasteiger partial charge in [0.25, 0.3) is 0 Å². The second-order valence-corrected chi connectivity index (χ2v) is 5.29. The molecule has 1 heterocycles. The summed E-state index contributed by atoms with van der Waals surface area (Å²) in [5.41, 5.74) is 7.38. The summed E-state index contributed by atoms with van der Waals surface area (Å²) < 4.78 is 0. The molecule has 1 saturated carbocycles. The van der Waals surface area contributed by atoms with Gasteiger partial charge in [0, 0.05) is 0 Å². The van der Waals surface area contributed by atoms with Crippen molar-refractivity contribution in [2.24, 2.45) is 10.7 Å². The summed E-state index contributed by atoms with van der Waals surface area (Å²) in [5.74, 6) is 1.34. The first kappa shape index (κ1) is 10.6. The standard InChI is InChI=1S/C14H19N3/c15-13-16-10-14(17-13)8-6-12(7-9-14)11-4-2-1-3-5-11/h1-5,12H,6-10H2,(H3,15,16,17). The van der Waals surface area contributed by atoms with Crippen molar-refractivity contribution in [3.05, 3.63) is 35.9 Å². The second kappa shape index (κ2) is 4.06. The third-order valence-electron chi connectivity index (χ3n) is 4.16. The molecule has 0 unspecified atom stereocenters. The summed E-state index contributed by atoms with van der Waals surface area (Å²) in [6.07, 6.45) is 4.83. The molecule has 0 atom stereocenters. The minimum Gasteiger partial charge on any atom is -0.370 e. The van der Waals surface area contributed by atoms with Gasteiger partial charge in [0.1, 0.15) is 0 Å². The van der Waals surface area contributed by atoms with Gasteiger partial charge in [-0.25, -0.2) is 0 Å². The average Bonchev–Trinajstić information content (AvgIpc) is 2.73. The summed E-state index contributed by atoms with van der Waals surface area (Å²) in [6, 6.07) is 10.8. The zero-order chi connectivity index (χ0) is 11.7. The molecule has 1 aromatic carbocycles. The summed E-state index contributed by atoms with van der Waals surface area (Å²) in [6.45, 7) is 0.861. The largest absolute Gasteiger partial charge is 0.370 e. The quantitative estimate of drug-likeness (QED) is 0.774.